The topological polar surface area (TPSA) is 212 Å². The molecule has 0 radical (unpaired) electrons. The summed E-state index contributed by atoms with van der Waals surface area (Å²) in [6.07, 6.45) is 1.05. The normalized spacial score (nSPS) is 21.6. The summed E-state index contributed by atoms with van der Waals surface area (Å²) in [5.41, 5.74) is 0.573. The van der Waals surface area contributed by atoms with Crippen LogP contribution in [0.2, 0.25) is 0 Å². The number of carboxylic acids is 1. The highest BCUT2D eigenvalue weighted by atomic mass is 32.2. The Bertz CT molecular complexity index is 1510. The third-order valence-electron chi connectivity index (χ3n) is 9.27. The van der Waals surface area contributed by atoms with Gasteiger partial charge in [0.2, 0.25) is 35.4 Å². The smallest absolute Gasteiger partial charge is 0.303 e. The van der Waals surface area contributed by atoms with Crippen LogP contribution in [0.5, 0.6) is 0 Å². The fourth-order valence-corrected chi connectivity index (χ4v) is 7.73. The van der Waals surface area contributed by atoms with Crippen LogP contribution < -0.4 is 31.9 Å². The van der Waals surface area contributed by atoms with E-state index < -0.39 is 65.2 Å². The molecule has 5 atom stereocenters. The molecule has 1 aliphatic rings. The van der Waals surface area contributed by atoms with E-state index in [9.17, 15) is 33.6 Å². The quantitative estimate of drug-likeness (QED) is 0.154. The largest absolute Gasteiger partial charge is 0.481 e. The van der Waals surface area contributed by atoms with Crippen LogP contribution in [0.15, 0.2) is 24.3 Å². The zero-order chi connectivity index (χ0) is 42.0. The van der Waals surface area contributed by atoms with Crippen molar-refractivity contribution in [3.8, 4) is 0 Å². The van der Waals surface area contributed by atoms with Gasteiger partial charge in [-0.25, -0.2) is 0 Å². The lowest BCUT2D eigenvalue weighted by molar-refractivity contribution is -0.137. The molecule has 16 heteroatoms. The Labute approximate surface area is 340 Å². The molecule has 6 amide bonds. The number of aliphatic carboxylic acids is 1. The number of fused-ring (bicyclic) bond motifs is 2. The van der Waals surface area contributed by atoms with Gasteiger partial charge in [-0.1, -0.05) is 72.2 Å². The lowest BCUT2D eigenvalue weighted by Gasteiger charge is -2.32. The molecule has 2 bridgehead atoms. The molecule has 14 nitrogen and oxygen atoms in total. The molecular weight excluding hydrogens is 757 g/mol. The van der Waals surface area contributed by atoms with E-state index in [0.717, 1.165) is 11.1 Å². The fourth-order valence-electron chi connectivity index (χ4n) is 5.92. The monoisotopic (exact) mass is 820 g/mol. The first-order valence-corrected chi connectivity index (χ1v) is 21.9. The molecule has 0 fully saturated rings. The highest BCUT2D eigenvalue weighted by Crippen LogP contribution is 2.20. The van der Waals surface area contributed by atoms with Crippen LogP contribution in [-0.2, 0) is 45.1 Å². The van der Waals surface area contributed by atoms with Gasteiger partial charge in [0.1, 0.15) is 29.7 Å². The zero-order valence-electron chi connectivity index (χ0n) is 34.3. The highest BCUT2D eigenvalue weighted by Gasteiger charge is 2.37. The first kappa shape index (κ1) is 48.4. The number of hydrogen-bond acceptors (Lipinski definition) is 9. The van der Waals surface area contributed by atoms with Crippen molar-refractivity contribution in [2.45, 2.75) is 135 Å². The number of carbonyl (C=O) groups is 7. The average Bonchev–Trinajstić information content (AvgIpc) is 3.11. The van der Waals surface area contributed by atoms with Crippen molar-refractivity contribution in [3.63, 3.8) is 0 Å². The average molecular weight is 821 g/mol. The minimum atomic E-state index is -1.54. The van der Waals surface area contributed by atoms with Gasteiger partial charge in [0.05, 0.1) is 0 Å². The van der Waals surface area contributed by atoms with E-state index in [-0.39, 0.29) is 61.5 Å². The molecule has 1 aromatic rings. The maximum atomic E-state index is 14.0. The summed E-state index contributed by atoms with van der Waals surface area (Å²) in [4.78, 5) is 92.4. The van der Waals surface area contributed by atoms with Gasteiger partial charge >= 0.3 is 5.97 Å². The molecule has 0 aliphatic carbocycles. The summed E-state index contributed by atoms with van der Waals surface area (Å²) in [5.74, 6) is -2.27. The van der Waals surface area contributed by atoms with Crippen LogP contribution in [0.25, 0.3) is 0 Å². The number of rotatable bonds is 13. The van der Waals surface area contributed by atoms with Gasteiger partial charge in [-0.3, -0.25) is 33.6 Å². The molecule has 0 spiro atoms. The van der Waals surface area contributed by atoms with Gasteiger partial charge in [0, 0.05) is 42.4 Å². The second-order valence-electron chi connectivity index (χ2n) is 15.9. The SMILES string of the molecule is CC[C@H](C)[C@@H]1NC(=O)[C@H](CC(C)C)NC(=O)C(C)(C)NC(=O)[C@@H](NC(=O)[C@@H](CC(C)C)NC(=O)CCCC(=O)O)CSCc2cccc(c2)CSCCNC1=O. The fraction of sp³-hybridized carbons (Fsp3) is 0.675. The third kappa shape index (κ3) is 17.6. The number of thioether (sulfide) groups is 2. The van der Waals surface area contributed by atoms with E-state index in [0.29, 0.717) is 30.2 Å². The minimum Gasteiger partial charge on any atom is -0.481 e. The first-order chi connectivity index (χ1) is 26.3. The highest BCUT2D eigenvalue weighted by molar-refractivity contribution is 7.98. The molecule has 0 aromatic heterocycles. The lowest BCUT2D eigenvalue weighted by atomic mass is 9.96. The zero-order valence-corrected chi connectivity index (χ0v) is 35.9. The molecule has 314 valence electrons. The molecule has 0 saturated heterocycles. The molecule has 1 aromatic carbocycles. The van der Waals surface area contributed by atoms with Crippen LogP contribution >= 0.6 is 23.5 Å². The van der Waals surface area contributed by atoms with E-state index in [2.05, 4.69) is 38.0 Å². The number of amides is 6. The van der Waals surface area contributed by atoms with Gasteiger partial charge in [0.15, 0.2) is 0 Å². The van der Waals surface area contributed by atoms with E-state index in [1.54, 1.807) is 11.8 Å². The van der Waals surface area contributed by atoms with Crippen LogP contribution in [-0.4, -0.2) is 94.3 Å². The first-order valence-electron chi connectivity index (χ1n) is 19.6. The molecular formula is C40H64N6O8S2. The van der Waals surface area contributed by atoms with Crippen LogP contribution in [0, 0.1) is 17.8 Å². The Balaban J connectivity index is 2.44. The number of nitrogens with one attached hydrogen (secondary N) is 6. The van der Waals surface area contributed by atoms with Crippen LogP contribution in [0.3, 0.4) is 0 Å². The van der Waals surface area contributed by atoms with Crippen molar-refractivity contribution in [2.75, 3.05) is 18.1 Å². The van der Waals surface area contributed by atoms with Crippen molar-refractivity contribution in [2.24, 2.45) is 17.8 Å². The van der Waals surface area contributed by atoms with Crippen molar-refractivity contribution in [1.82, 2.24) is 31.9 Å². The van der Waals surface area contributed by atoms with Crippen LogP contribution in [0.4, 0.5) is 0 Å². The van der Waals surface area contributed by atoms with Gasteiger partial charge in [-0.2, -0.15) is 23.5 Å². The Morgan fingerprint density at radius 2 is 1.57 bits per heavy atom. The molecule has 1 aliphatic heterocycles. The number of carboxylic acid groups (broad SMARTS) is 1. The van der Waals surface area contributed by atoms with Crippen LogP contribution in [0.1, 0.15) is 105 Å². The summed E-state index contributed by atoms with van der Waals surface area (Å²) in [5, 5.41) is 25.9. The van der Waals surface area contributed by atoms with E-state index >= 15 is 0 Å². The predicted molar refractivity (Wildman–Crippen MR) is 222 cm³/mol. The summed E-state index contributed by atoms with van der Waals surface area (Å²) < 4.78 is 0. The van der Waals surface area contributed by atoms with E-state index in [4.69, 9.17) is 5.11 Å². The van der Waals surface area contributed by atoms with Crippen molar-refractivity contribution < 1.29 is 38.7 Å². The Morgan fingerprint density at radius 3 is 2.18 bits per heavy atom. The predicted octanol–water partition coefficient (Wildman–Crippen LogP) is 3.51. The van der Waals surface area contributed by atoms with Crippen molar-refractivity contribution in [3.05, 3.63) is 35.4 Å². The van der Waals surface area contributed by atoms with Crippen molar-refractivity contribution in [1.29, 1.82) is 0 Å². The summed E-state index contributed by atoms with van der Waals surface area (Å²) in [6, 6.07) is 4.13. The summed E-state index contributed by atoms with van der Waals surface area (Å²) in [7, 11) is 0. The molecule has 7 N–H and O–H groups in total. The van der Waals surface area contributed by atoms with E-state index in [1.165, 1.54) is 25.6 Å². The number of hydrogen-bond donors (Lipinski definition) is 7. The standard InChI is InChI=1S/C40H64N6O8S2/c1-9-26(6)34-38(53)41-16-17-55-21-27-12-10-13-28(20-27)22-56-23-31(43-35(50)29(18-24(2)3)42-32(47)14-11-15-33(48)49)37(52)46-40(7,8)39(54)44-30(19-25(4)5)36(51)45-34/h10,12-13,20,24-26,29-31,34H,9,11,14-19,21-23H2,1-8H3,(H,41,53)(H,42,47)(H,43,50)(H,44,54)(H,45,51)(H,46,52)(H,48,49)/t26-,29+,30-,31-,34-/m0/s1. The maximum Gasteiger partial charge on any atom is 0.303 e. The Morgan fingerprint density at radius 1 is 0.911 bits per heavy atom. The minimum absolute atomic E-state index is 0.000338. The van der Waals surface area contributed by atoms with Gasteiger partial charge < -0.3 is 37.0 Å². The summed E-state index contributed by atoms with van der Waals surface area (Å²) in [6.45, 7) is 14.9. The molecule has 0 unspecified atom stereocenters. The Hall–Kier alpha value is -3.79. The summed E-state index contributed by atoms with van der Waals surface area (Å²) >= 11 is 3.09. The van der Waals surface area contributed by atoms with Gasteiger partial charge in [0.25, 0.3) is 0 Å². The van der Waals surface area contributed by atoms with E-state index in [1.807, 2.05) is 59.7 Å². The molecule has 56 heavy (non-hydrogen) atoms. The Kier molecular flexibility index (Phi) is 20.8. The number of carbonyl (C=O) groups excluding carboxylic acids is 6. The lowest BCUT2D eigenvalue weighted by Crippen LogP contribution is -2.63. The second kappa shape index (κ2) is 24.1. The van der Waals surface area contributed by atoms with Gasteiger partial charge in [-0.15, -0.1) is 0 Å². The maximum absolute atomic E-state index is 14.0. The van der Waals surface area contributed by atoms with Gasteiger partial charge in [-0.05, 0) is 62.0 Å². The molecule has 2 rings (SSSR count). The third-order valence-corrected chi connectivity index (χ3v) is 11.4. The molecule has 0 saturated carbocycles. The number of benzene rings is 1. The van der Waals surface area contributed by atoms with Crippen molar-refractivity contribution >= 4 is 64.9 Å². The molecule has 1 heterocycles. The second-order valence-corrected chi connectivity index (χ2v) is 18.0.